The Hall–Kier alpha value is -4.32. The third-order valence-electron chi connectivity index (χ3n) is 8.71. The number of nitrogens with one attached hydrogen (secondary N) is 1. The zero-order valence-corrected chi connectivity index (χ0v) is 24.4. The SMILES string of the molecule is O=C(c1ccccc1)[C@@H]1[C@H](c2ccccc2Br)N[C@@]2(C(=O)N(Cc3ccccc3)c3ccccc32)[C@H]1c1ccccc1. The Bertz CT molecular complexity index is 1760. The van der Waals surface area contributed by atoms with Crippen LogP contribution in [0.5, 0.6) is 0 Å². The molecule has 0 unspecified atom stereocenters. The summed E-state index contributed by atoms with van der Waals surface area (Å²) in [4.78, 5) is 31.6. The average Bonchev–Trinajstić information content (AvgIpc) is 3.51. The highest BCUT2D eigenvalue weighted by atomic mass is 79.9. The van der Waals surface area contributed by atoms with E-state index in [1.54, 1.807) is 0 Å². The number of Topliss-reactive ketones (excluding diaryl/α,β-unsaturated/α-hetero) is 1. The molecule has 206 valence electrons. The Kier molecular flexibility index (Phi) is 6.85. The number of amides is 1. The van der Waals surface area contributed by atoms with Gasteiger partial charge in [0, 0.05) is 33.2 Å². The minimum absolute atomic E-state index is 0.0152. The van der Waals surface area contributed by atoms with Crippen LogP contribution in [0.4, 0.5) is 5.69 Å². The highest BCUT2D eigenvalue weighted by molar-refractivity contribution is 9.10. The third kappa shape index (κ3) is 4.23. The molecule has 1 fully saturated rings. The molecule has 1 saturated heterocycles. The van der Waals surface area contributed by atoms with E-state index in [4.69, 9.17) is 0 Å². The predicted molar refractivity (Wildman–Crippen MR) is 169 cm³/mol. The van der Waals surface area contributed by atoms with Crippen molar-refractivity contribution in [3.8, 4) is 0 Å². The monoisotopic (exact) mass is 612 g/mol. The maximum Gasteiger partial charge on any atom is 0.252 e. The van der Waals surface area contributed by atoms with Crippen molar-refractivity contribution in [2.45, 2.75) is 24.0 Å². The van der Waals surface area contributed by atoms with Gasteiger partial charge < -0.3 is 4.90 Å². The van der Waals surface area contributed by atoms with Crippen LogP contribution < -0.4 is 10.2 Å². The number of carbonyl (C=O) groups is 2. The lowest BCUT2D eigenvalue weighted by molar-refractivity contribution is -0.124. The number of ketones is 1. The van der Waals surface area contributed by atoms with Gasteiger partial charge in [0.2, 0.25) is 0 Å². The molecule has 2 aliphatic rings. The molecule has 5 aromatic rings. The van der Waals surface area contributed by atoms with Crippen LogP contribution >= 0.6 is 15.9 Å². The number of hydrogen-bond acceptors (Lipinski definition) is 3. The lowest BCUT2D eigenvalue weighted by atomic mass is 9.69. The van der Waals surface area contributed by atoms with Crippen LogP contribution in [0.2, 0.25) is 0 Å². The fourth-order valence-corrected chi connectivity index (χ4v) is 7.47. The van der Waals surface area contributed by atoms with E-state index < -0.39 is 23.4 Å². The molecule has 7 rings (SSSR count). The molecular weight excluding hydrogens is 584 g/mol. The van der Waals surface area contributed by atoms with E-state index in [2.05, 4.69) is 33.4 Å². The second-order valence-electron chi connectivity index (χ2n) is 11.0. The summed E-state index contributed by atoms with van der Waals surface area (Å²) >= 11 is 3.77. The van der Waals surface area contributed by atoms with E-state index in [0.29, 0.717) is 12.1 Å². The summed E-state index contributed by atoms with van der Waals surface area (Å²) in [6, 6.07) is 45.2. The van der Waals surface area contributed by atoms with Crippen LogP contribution in [0, 0.1) is 5.92 Å². The van der Waals surface area contributed by atoms with Crippen LogP contribution in [0.25, 0.3) is 0 Å². The lowest BCUT2D eigenvalue weighted by Gasteiger charge is -2.33. The first-order valence-electron chi connectivity index (χ1n) is 14.2. The number of carbonyl (C=O) groups excluding carboxylic acids is 2. The zero-order valence-electron chi connectivity index (χ0n) is 22.9. The number of halogens is 1. The molecule has 5 aromatic carbocycles. The zero-order chi connectivity index (χ0) is 28.7. The molecule has 5 heteroatoms. The van der Waals surface area contributed by atoms with Crippen molar-refractivity contribution >= 4 is 33.3 Å². The van der Waals surface area contributed by atoms with Gasteiger partial charge in [0.1, 0.15) is 5.54 Å². The molecule has 1 spiro atoms. The van der Waals surface area contributed by atoms with Gasteiger partial charge in [0.05, 0.1) is 12.5 Å². The van der Waals surface area contributed by atoms with E-state index in [1.807, 2.05) is 132 Å². The van der Waals surface area contributed by atoms with Gasteiger partial charge in [-0.05, 0) is 28.8 Å². The fourth-order valence-electron chi connectivity index (χ4n) is 6.94. The summed E-state index contributed by atoms with van der Waals surface area (Å²) in [6.07, 6.45) is 0. The number of para-hydroxylation sites is 1. The topological polar surface area (TPSA) is 49.4 Å². The van der Waals surface area contributed by atoms with Crippen LogP contribution in [0.1, 0.15) is 44.6 Å². The molecule has 4 nitrogen and oxygen atoms in total. The van der Waals surface area contributed by atoms with E-state index in [9.17, 15) is 4.79 Å². The molecule has 0 bridgehead atoms. The van der Waals surface area contributed by atoms with E-state index in [-0.39, 0.29) is 11.7 Å². The van der Waals surface area contributed by atoms with Gasteiger partial charge in [-0.25, -0.2) is 0 Å². The van der Waals surface area contributed by atoms with E-state index in [0.717, 1.165) is 32.4 Å². The number of benzene rings is 5. The first kappa shape index (κ1) is 26.6. The van der Waals surface area contributed by atoms with Gasteiger partial charge >= 0.3 is 0 Å². The molecule has 2 heterocycles. The summed E-state index contributed by atoms with van der Waals surface area (Å²) in [5, 5.41) is 3.85. The second kappa shape index (κ2) is 10.8. The van der Waals surface area contributed by atoms with Gasteiger partial charge in [0.15, 0.2) is 5.78 Å². The summed E-state index contributed by atoms with van der Waals surface area (Å²) in [5.74, 6) is -1.04. The van der Waals surface area contributed by atoms with E-state index in [1.165, 1.54) is 0 Å². The van der Waals surface area contributed by atoms with Crippen molar-refractivity contribution in [1.82, 2.24) is 5.32 Å². The van der Waals surface area contributed by atoms with Gasteiger partial charge in [-0.3, -0.25) is 14.9 Å². The predicted octanol–water partition coefficient (Wildman–Crippen LogP) is 7.82. The van der Waals surface area contributed by atoms with E-state index >= 15 is 4.79 Å². The van der Waals surface area contributed by atoms with Crippen molar-refractivity contribution in [3.63, 3.8) is 0 Å². The van der Waals surface area contributed by atoms with Gasteiger partial charge in [0.25, 0.3) is 5.91 Å². The molecule has 0 aromatic heterocycles. The first-order valence-corrected chi connectivity index (χ1v) is 15.0. The fraction of sp³-hybridized carbons (Fsp3) is 0.135. The van der Waals surface area contributed by atoms with Crippen LogP contribution in [0.15, 0.2) is 144 Å². The maximum absolute atomic E-state index is 15.1. The lowest BCUT2D eigenvalue weighted by Crippen LogP contribution is -2.50. The number of hydrogen-bond donors (Lipinski definition) is 1. The number of rotatable bonds is 6. The maximum atomic E-state index is 15.1. The van der Waals surface area contributed by atoms with Crippen molar-refractivity contribution in [2.24, 2.45) is 5.92 Å². The number of anilines is 1. The van der Waals surface area contributed by atoms with Crippen LogP contribution in [-0.2, 0) is 16.9 Å². The number of nitrogens with zero attached hydrogens (tertiary/aromatic N) is 1. The smallest absolute Gasteiger partial charge is 0.252 e. The molecule has 0 aliphatic carbocycles. The molecule has 4 atom stereocenters. The Labute approximate surface area is 254 Å². The Balaban J connectivity index is 1.48. The highest BCUT2D eigenvalue weighted by Gasteiger charge is 2.65. The van der Waals surface area contributed by atoms with Crippen molar-refractivity contribution in [1.29, 1.82) is 0 Å². The minimum atomic E-state index is -1.15. The van der Waals surface area contributed by atoms with Crippen LogP contribution in [0.3, 0.4) is 0 Å². The normalized spacial score (nSPS) is 22.8. The Morgan fingerprint density at radius 2 is 1.33 bits per heavy atom. The highest BCUT2D eigenvalue weighted by Crippen LogP contribution is 2.60. The van der Waals surface area contributed by atoms with Crippen LogP contribution in [-0.4, -0.2) is 11.7 Å². The Morgan fingerprint density at radius 3 is 2.05 bits per heavy atom. The van der Waals surface area contributed by atoms with Gasteiger partial charge in [-0.15, -0.1) is 0 Å². The molecule has 1 amide bonds. The molecule has 2 aliphatic heterocycles. The van der Waals surface area contributed by atoms with Crippen molar-refractivity contribution < 1.29 is 9.59 Å². The number of fused-ring (bicyclic) bond motifs is 2. The Morgan fingerprint density at radius 1 is 0.738 bits per heavy atom. The van der Waals surface area contributed by atoms with Gasteiger partial charge in [-0.1, -0.05) is 143 Å². The van der Waals surface area contributed by atoms with Crippen molar-refractivity contribution in [2.75, 3.05) is 4.90 Å². The molecule has 42 heavy (non-hydrogen) atoms. The van der Waals surface area contributed by atoms with Gasteiger partial charge in [-0.2, -0.15) is 0 Å². The van der Waals surface area contributed by atoms with Crippen molar-refractivity contribution in [3.05, 3.63) is 172 Å². The average molecular weight is 614 g/mol. The summed E-state index contributed by atoms with van der Waals surface area (Å²) in [5.41, 5.74) is 4.22. The summed E-state index contributed by atoms with van der Waals surface area (Å²) in [7, 11) is 0. The largest absolute Gasteiger partial charge is 0.306 e. The minimum Gasteiger partial charge on any atom is -0.306 e. The third-order valence-corrected chi connectivity index (χ3v) is 9.44. The molecule has 0 saturated carbocycles. The summed E-state index contributed by atoms with van der Waals surface area (Å²) in [6.45, 7) is 0.443. The quantitative estimate of drug-likeness (QED) is 0.199. The molecular formula is C37H29BrN2O2. The molecule has 1 N–H and O–H groups in total. The second-order valence-corrected chi connectivity index (χ2v) is 11.8. The first-order chi connectivity index (χ1) is 20.6. The standard InChI is InChI=1S/C37H29BrN2O2/c38-30-22-12-10-20-28(30)34-32(35(41)27-18-8-3-9-19-27)33(26-16-6-2-7-17-26)37(39-34)29-21-11-13-23-31(29)40(36(37)42)24-25-14-4-1-5-15-25/h1-23,32-34,39H,24H2/t32-,33-,34-,37+/m0/s1. The molecule has 0 radical (unpaired) electrons. The summed E-state index contributed by atoms with van der Waals surface area (Å²) < 4.78 is 0.900.